The van der Waals surface area contributed by atoms with E-state index in [1.807, 2.05) is 0 Å². The lowest BCUT2D eigenvalue weighted by molar-refractivity contribution is 0.296. The van der Waals surface area contributed by atoms with Crippen molar-refractivity contribution in [2.24, 2.45) is 23.5 Å². The van der Waals surface area contributed by atoms with Gasteiger partial charge in [0.25, 0.3) is 0 Å². The zero-order chi connectivity index (χ0) is 14.4. The fourth-order valence-electron chi connectivity index (χ4n) is 4.59. The Kier molecular flexibility index (Phi) is 3.55. The van der Waals surface area contributed by atoms with Crippen LogP contribution >= 0.6 is 15.9 Å². The number of hydrogen-bond donors (Lipinski definition) is 1. The summed E-state index contributed by atoms with van der Waals surface area (Å²) in [6, 6.07) is 13.3. The molecule has 2 aliphatic carbocycles. The third-order valence-corrected chi connectivity index (χ3v) is 6.19. The SMILES string of the molecule is NC(CC1CC2CCC1C2)c1ccc2cc(Br)ccc2c1. The van der Waals surface area contributed by atoms with Gasteiger partial charge < -0.3 is 5.73 Å². The summed E-state index contributed by atoms with van der Waals surface area (Å²) in [4.78, 5) is 0. The molecule has 0 heterocycles. The summed E-state index contributed by atoms with van der Waals surface area (Å²) in [7, 11) is 0. The van der Waals surface area contributed by atoms with Crippen LogP contribution in [0, 0.1) is 17.8 Å². The lowest BCUT2D eigenvalue weighted by atomic mass is 9.83. The molecule has 0 aromatic heterocycles. The summed E-state index contributed by atoms with van der Waals surface area (Å²) in [5.74, 6) is 2.86. The second-order valence-electron chi connectivity index (χ2n) is 7.03. The largest absolute Gasteiger partial charge is 0.324 e. The van der Waals surface area contributed by atoms with E-state index in [4.69, 9.17) is 5.73 Å². The summed E-state index contributed by atoms with van der Waals surface area (Å²) in [6.45, 7) is 0. The van der Waals surface area contributed by atoms with Crippen molar-refractivity contribution in [2.45, 2.75) is 38.1 Å². The van der Waals surface area contributed by atoms with Crippen LogP contribution in [0.2, 0.25) is 0 Å². The molecule has 0 amide bonds. The summed E-state index contributed by atoms with van der Waals surface area (Å²) >= 11 is 3.53. The first kappa shape index (κ1) is 13.8. The molecule has 1 nitrogen and oxygen atoms in total. The molecule has 2 bridgehead atoms. The predicted molar refractivity (Wildman–Crippen MR) is 92.1 cm³/mol. The van der Waals surface area contributed by atoms with Gasteiger partial charge in [-0.15, -0.1) is 0 Å². The average Bonchev–Trinajstić information content (AvgIpc) is 3.09. The maximum Gasteiger partial charge on any atom is 0.0297 e. The molecule has 2 aliphatic rings. The molecule has 2 aromatic carbocycles. The second-order valence-corrected chi connectivity index (χ2v) is 7.94. The van der Waals surface area contributed by atoms with Crippen molar-refractivity contribution < 1.29 is 0 Å². The first-order valence-electron chi connectivity index (χ1n) is 8.14. The smallest absolute Gasteiger partial charge is 0.0297 e. The lowest BCUT2D eigenvalue weighted by Gasteiger charge is -2.25. The van der Waals surface area contributed by atoms with Gasteiger partial charge >= 0.3 is 0 Å². The van der Waals surface area contributed by atoms with Crippen LogP contribution in [0.5, 0.6) is 0 Å². The number of halogens is 1. The van der Waals surface area contributed by atoms with Gasteiger partial charge in [-0.25, -0.2) is 0 Å². The number of rotatable bonds is 3. The van der Waals surface area contributed by atoms with E-state index in [2.05, 4.69) is 52.3 Å². The van der Waals surface area contributed by atoms with Crippen molar-refractivity contribution in [3.05, 3.63) is 46.4 Å². The number of hydrogen-bond acceptors (Lipinski definition) is 1. The third-order valence-electron chi connectivity index (χ3n) is 5.70. The highest BCUT2D eigenvalue weighted by atomic mass is 79.9. The summed E-state index contributed by atoms with van der Waals surface area (Å²) in [6.07, 6.45) is 7.00. The molecule has 4 rings (SSSR count). The molecule has 21 heavy (non-hydrogen) atoms. The molecule has 0 saturated heterocycles. The number of nitrogens with two attached hydrogens (primary N) is 1. The Morgan fingerprint density at radius 1 is 1.05 bits per heavy atom. The van der Waals surface area contributed by atoms with Crippen LogP contribution in [0.3, 0.4) is 0 Å². The molecular weight excluding hydrogens is 322 g/mol. The van der Waals surface area contributed by atoms with E-state index in [1.165, 1.54) is 48.4 Å². The van der Waals surface area contributed by atoms with Gasteiger partial charge in [0, 0.05) is 10.5 Å². The Balaban J connectivity index is 1.53. The first-order chi connectivity index (χ1) is 10.2. The summed E-state index contributed by atoms with van der Waals surface area (Å²) in [5.41, 5.74) is 7.82. The molecule has 110 valence electrons. The minimum Gasteiger partial charge on any atom is -0.324 e. The van der Waals surface area contributed by atoms with Crippen molar-refractivity contribution >= 4 is 26.7 Å². The maximum absolute atomic E-state index is 6.52. The highest BCUT2D eigenvalue weighted by Gasteiger charge is 2.39. The predicted octanol–water partition coefficient (Wildman–Crippen LogP) is 5.43. The van der Waals surface area contributed by atoms with E-state index in [0.717, 1.165) is 22.2 Å². The Labute approximate surface area is 135 Å². The zero-order valence-electron chi connectivity index (χ0n) is 12.3. The van der Waals surface area contributed by atoms with Crippen LogP contribution < -0.4 is 5.73 Å². The van der Waals surface area contributed by atoms with Gasteiger partial charge in [0.2, 0.25) is 0 Å². The van der Waals surface area contributed by atoms with Crippen molar-refractivity contribution in [1.29, 1.82) is 0 Å². The molecule has 2 fully saturated rings. The van der Waals surface area contributed by atoms with E-state index in [9.17, 15) is 0 Å². The Morgan fingerprint density at radius 2 is 1.86 bits per heavy atom. The summed E-state index contributed by atoms with van der Waals surface area (Å²) < 4.78 is 1.13. The minimum absolute atomic E-state index is 0.197. The third kappa shape index (κ3) is 2.64. The fourth-order valence-corrected chi connectivity index (χ4v) is 4.97. The van der Waals surface area contributed by atoms with Gasteiger partial charge in [0.1, 0.15) is 0 Å². The van der Waals surface area contributed by atoms with Crippen LogP contribution in [-0.2, 0) is 0 Å². The zero-order valence-corrected chi connectivity index (χ0v) is 13.9. The molecule has 2 aromatic rings. The number of fused-ring (bicyclic) bond motifs is 3. The van der Waals surface area contributed by atoms with E-state index < -0.39 is 0 Å². The standard InChI is InChI=1S/C19H22BrN/c20-18-6-5-14-9-16(4-3-15(14)10-18)19(21)11-17-8-12-1-2-13(17)7-12/h3-6,9-10,12-13,17,19H,1-2,7-8,11,21H2. The highest BCUT2D eigenvalue weighted by molar-refractivity contribution is 9.10. The van der Waals surface area contributed by atoms with Crippen molar-refractivity contribution in [3.8, 4) is 0 Å². The van der Waals surface area contributed by atoms with Gasteiger partial charge in [0.15, 0.2) is 0 Å². The van der Waals surface area contributed by atoms with Crippen LogP contribution in [0.1, 0.15) is 43.7 Å². The molecular formula is C19H22BrN. The maximum atomic E-state index is 6.52. The van der Waals surface area contributed by atoms with E-state index in [-0.39, 0.29) is 6.04 Å². The topological polar surface area (TPSA) is 26.0 Å². The normalized spacial score (nSPS) is 29.1. The van der Waals surface area contributed by atoms with Crippen LogP contribution in [0.15, 0.2) is 40.9 Å². The fraction of sp³-hybridized carbons (Fsp3) is 0.474. The molecule has 2 N–H and O–H groups in total. The molecule has 2 saturated carbocycles. The van der Waals surface area contributed by atoms with E-state index >= 15 is 0 Å². The monoisotopic (exact) mass is 343 g/mol. The first-order valence-corrected chi connectivity index (χ1v) is 8.93. The molecule has 2 heteroatoms. The minimum atomic E-state index is 0.197. The molecule has 0 aliphatic heterocycles. The highest BCUT2D eigenvalue weighted by Crippen LogP contribution is 2.50. The van der Waals surface area contributed by atoms with Crippen LogP contribution in [0.4, 0.5) is 0 Å². The Morgan fingerprint density at radius 3 is 2.62 bits per heavy atom. The van der Waals surface area contributed by atoms with Gasteiger partial charge in [-0.3, -0.25) is 0 Å². The van der Waals surface area contributed by atoms with Crippen molar-refractivity contribution in [2.75, 3.05) is 0 Å². The van der Waals surface area contributed by atoms with Gasteiger partial charge in [-0.1, -0.05) is 40.5 Å². The quantitative estimate of drug-likeness (QED) is 0.789. The molecule has 0 spiro atoms. The average molecular weight is 344 g/mol. The number of benzene rings is 2. The molecule has 4 unspecified atom stereocenters. The van der Waals surface area contributed by atoms with E-state index in [1.54, 1.807) is 0 Å². The van der Waals surface area contributed by atoms with Crippen molar-refractivity contribution in [3.63, 3.8) is 0 Å². The van der Waals surface area contributed by atoms with Gasteiger partial charge in [-0.05, 0) is 78.0 Å². The van der Waals surface area contributed by atoms with Gasteiger partial charge in [0.05, 0.1) is 0 Å². The van der Waals surface area contributed by atoms with Crippen LogP contribution in [-0.4, -0.2) is 0 Å². The Bertz CT molecular complexity index is 666. The van der Waals surface area contributed by atoms with Gasteiger partial charge in [-0.2, -0.15) is 0 Å². The molecule has 0 radical (unpaired) electrons. The van der Waals surface area contributed by atoms with E-state index in [0.29, 0.717) is 0 Å². The van der Waals surface area contributed by atoms with Crippen LogP contribution in [0.25, 0.3) is 10.8 Å². The molecule has 4 atom stereocenters. The lowest BCUT2D eigenvalue weighted by Crippen LogP contribution is -2.19. The summed E-state index contributed by atoms with van der Waals surface area (Å²) in [5, 5.41) is 2.57. The Hall–Kier alpha value is -0.860. The second kappa shape index (κ2) is 5.40. The van der Waals surface area contributed by atoms with Crippen molar-refractivity contribution in [1.82, 2.24) is 0 Å².